The van der Waals surface area contributed by atoms with E-state index in [-0.39, 0.29) is 5.91 Å². The van der Waals surface area contributed by atoms with E-state index in [4.69, 9.17) is 13.9 Å². The highest BCUT2D eigenvalue weighted by atomic mass is 127. The minimum atomic E-state index is -0.238. The largest absolute Gasteiger partial charge is 0.486 e. The quantitative estimate of drug-likeness (QED) is 0.638. The molecule has 0 saturated carbocycles. The average Bonchev–Trinajstić information content (AvgIpc) is 2.91. The van der Waals surface area contributed by atoms with E-state index in [1.807, 2.05) is 6.07 Å². The van der Waals surface area contributed by atoms with E-state index in [2.05, 4.69) is 27.9 Å². The summed E-state index contributed by atoms with van der Waals surface area (Å²) < 4.78 is 17.0. The molecule has 0 spiro atoms. The van der Waals surface area contributed by atoms with Gasteiger partial charge >= 0.3 is 0 Å². The Hall–Kier alpha value is -1.96. The van der Waals surface area contributed by atoms with Crippen molar-refractivity contribution in [2.45, 2.75) is 0 Å². The zero-order valence-electron chi connectivity index (χ0n) is 11.0. The number of furan rings is 1. The molecule has 108 valence electrons. The van der Waals surface area contributed by atoms with Crippen LogP contribution in [-0.4, -0.2) is 19.1 Å². The second-order valence-corrected chi connectivity index (χ2v) is 5.39. The first-order valence-electron chi connectivity index (χ1n) is 6.35. The molecule has 2 heterocycles. The van der Waals surface area contributed by atoms with E-state index in [0.717, 1.165) is 3.77 Å². The van der Waals surface area contributed by atoms with Gasteiger partial charge < -0.3 is 19.2 Å². The summed E-state index contributed by atoms with van der Waals surface area (Å²) in [5.41, 5.74) is 0.655. The molecule has 1 aliphatic rings. The summed E-state index contributed by atoms with van der Waals surface area (Å²) in [6.07, 6.45) is 3.04. The summed E-state index contributed by atoms with van der Waals surface area (Å²) >= 11 is 2.07. The van der Waals surface area contributed by atoms with Crippen molar-refractivity contribution in [2.75, 3.05) is 18.5 Å². The van der Waals surface area contributed by atoms with Crippen LogP contribution in [-0.2, 0) is 4.79 Å². The van der Waals surface area contributed by atoms with Crippen LogP contribution in [0.4, 0.5) is 5.69 Å². The Morgan fingerprint density at radius 2 is 1.95 bits per heavy atom. The topological polar surface area (TPSA) is 60.7 Å². The van der Waals surface area contributed by atoms with E-state index in [9.17, 15) is 4.79 Å². The Labute approximate surface area is 135 Å². The van der Waals surface area contributed by atoms with Gasteiger partial charge in [-0.3, -0.25) is 4.79 Å². The molecule has 0 unspecified atom stereocenters. The highest BCUT2D eigenvalue weighted by molar-refractivity contribution is 14.1. The molecule has 5 nitrogen and oxygen atoms in total. The lowest BCUT2D eigenvalue weighted by atomic mass is 10.2. The molecule has 1 N–H and O–H groups in total. The first kappa shape index (κ1) is 14.0. The van der Waals surface area contributed by atoms with Crippen molar-refractivity contribution >= 4 is 40.3 Å². The number of rotatable bonds is 3. The molecule has 0 radical (unpaired) electrons. The molecule has 21 heavy (non-hydrogen) atoms. The monoisotopic (exact) mass is 397 g/mol. The third-order valence-electron chi connectivity index (χ3n) is 2.80. The molecular weight excluding hydrogens is 385 g/mol. The van der Waals surface area contributed by atoms with Gasteiger partial charge in [0, 0.05) is 17.8 Å². The van der Waals surface area contributed by atoms with Gasteiger partial charge in [-0.25, -0.2) is 0 Å². The van der Waals surface area contributed by atoms with Gasteiger partial charge in [-0.2, -0.15) is 0 Å². The van der Waals surface area contributed by atoms with E-state index in [0.29, 0.717) is 36.2 Å². The van der Waals surface area contributed by atoms with Crippen molar-refractivity contribution in [3.05, 3.63) is 45.9 Å². The third kappa shape index (κ3) is 3.57. The van der Waals surface area contributed by atoms with Crippen LogP contribution in [0.15, 0.2) is 40.8 Å². The maximum atomic E-state index is 11.8. The predicted octanol–water partition coefficient (Wildman–Crippen LogP) is 3.31. The predicted molar refractivity (Wildman–Crippen MR) is 86.5 cm³/mol. The summed E-state index contributed by atoms with van der Waals surface area (Å²) in [6.45, 7) is 1.06. The molecular formula is C15H12INO4. The minimum absolute atomic E-state index is 0.238. The minimum Gasteiger partial charge on any atom is -0.486 e. The van der Waals surface area contributed by atoms with Crippen LogP contribution in [0.5, 0.6) is 11.5 Å². The zero-order chi connectivity index (χ0) is 14.7. The fourth-order valence-corrected chi connectivity index (χ4v) is 2.31. The lowest BCUT2D eigenvalue weighted by Crippen LogP contribution is -2.16. The first-order chi connectivity index (χ1) is 10.2. The first-order valence-corrected chi connectivity index (χ1v) is 7.43. The molecule has 0 bridgehead atoms. The number of amides is 1. The molecule has 1 aromatic carbocycles. The van der Waals surface area contributed by atoms with Crippen LogP contribution in [0, 0.1) is 3.77 Å². The zero-order valence-corrected chi connectivity index (χ0v) is 13.1. The summed E-state index contributed by atoms with van der Waals surface area (Å²) in [4.78, 5) is 11.8. The molecule has 0 atom stereocenters. The van der Waals surface area contributed by atoms with Gasteiger partial charge in [-0.05, 0) is 52.9 Å². The summed E-state index contributed by atoms with van der Waals surface area (Å²) in [5.74, 6) is 1.73. The van der Waals surface area contributed by atoms with E-state index in [1.165, 1.54) is 6.08 Å². The number of fused-ring (bicyclic) bond motifs is 1. The number of nitrogens with one attached hydrogen (secondary N) is 1. The average molecular weight is 397 g/mol. The molecule has 2 aromatic rings. The molecule has 0 saturated heterocycles. The van der Waals surface area contributed by atoms with Gasteiger partial charge in [0.25, 0.3) is 0 Å². The maximum absolute atomic E-state index is 11.8. The van der Waals surface area contributed by atoms with E-state index < -0.39 is 0 Å². The highest BCUT2D eigenvalue weighted by Crippen LogP contribution is 2.32. The Morgan fingerprint density at radius 3 is 2.71 bits per heavy atom. The standard InChI is InChI=1S/C15H12INO4/c16-14-5-2-11(21-14)3-6-15(18)17-10-1-4-12-13(9-10)20-8-7-19-12/h1-6,9H,7-8H2,(H,17,18)/b6-3+. The Balaban J connectivity index is 1.66. The summed E-state index contributed by atoms with van der Waals surface area (Å²) in [7, 11) is 0. The number of ether oxygens (including phenoxy) is 2. The number of carbonyl (C=O) groups excluding carboxylic acids is 1. The van der Waals surface area contributed by atoms with Crippen molar-refractivity contribution in [1.29, 1.82) is 0 Å². The maximum Gasteiger partial charge on any atom is 0.248 e. The van der Waals surface area contributed by atoms with Gasteiger partial charge in [0.15, 0.2) is 15.3 Å². The Kier molecular flexibility index (Phi) is 4.14. The lowest BCUT2D eigenvalue weighted by molar-refractivity contribution is -0.111. The van der Waals surface area contributed by atoms with E-state index >= 15 is 0 Å². The van der Waals surface area contributed by atoms with Gasteiger partial charge in [0.2, 0.25) is 5.91 Å². The third-order valence-corrected chi connectivity index (χ3v) is 3.38. The summed E-state index contributed by atoms with van der Waals surface area (Å²) in [5, 5.41) is 2.76. The van der Waals surface area contributed by atoms with Crippen molar-refractivity contribution in [3.8, 4) is 11.5 Å². The SMILES string of the molecule is O=C(/C=C/c1ccc(I)o1)Nc1ccc2c(c1)OCCO2. The normalized spacial score (nSPS) is 13.4. The number of halogens is 1. The van der Waals surface area contributed by atoms with Crippen LogP contribution in [0.1, 0.15) is 5.76 Å². The van der Waals surface area contributed by atoms with Gasteiger partial charge in [-0.15, -0.1) is 0 Å². The molecule has 0 aliphatic carbocycles. The Bertz CT molecular complexity index is 693. The second kappa shape index (κ2) is 6.21. The van der Waals surface area contributed by atoms with Crippen LogP contribution in [0.3, 0.4) is 0 Å². The van der Waals surface area contributed by atoms with Crippen molar-refractivity contribution in [2.24, 2.45) is 0 Å². The summed E-state index contributed by atoms with van der Waals surface area (Å²) in [6, 6.07) is 8.93. The van der Waals surface area contributed by atoms with Crippen molar-refractivity contribution < 1.29 is 18.7 Å². The molecule has 1 aliphatic heterocycles. The fourth-order valence-electron chi connectivity index (χ4n) is 1.88. The number of anilines is 1. The fraction of sp³-hybridized carbons (Fsp3) is 0.133. The molecule has 1 aromatic heterocycles. The van der Waals surface area contributed by atoms with Crippen molar-refractivity contribution in [1.82, 2.24) is 0 Å². The Morgan fingerprint density at radius 1 is 1.14 bits per heavy atom. The highest BCUT2D eigenvalue weighted by Gasteiger charge is 2.12. The van der Waals surface area contributed by atoms with Gasteiger partial charge in [0.1, 0.15) is 19.0 Å². The second-order valence-electron chi connectivity index (χ2n) is 4.32. The number of hydrogen-bond acceptors (Lipinski definition) is 4. The van der Waals surface area contributed by atoms with Gasteiger partial charge in [0.05, 0.1) is 0 Å². The smallest absolute Gasteiger partial charge is 0.248 e. The number of benzene rings is 1. The number of carbonyl (C=O) groups is 1. The molecule has 3 rings (SSSR count). The van der Waals surface area contributed by atoms with Gasteiger partial charge in [-0.1, -0.05) is 0 Å². The lowest BCUT2D eigenvalue weighted by Gasteiger charge is -2.18. The number of hydrogen-bond donors (Lipinski definition) is 1. The molecule has 1 amide bonds. The van der Waals surface area contributed by atoms with E-state index in [1.54, 1.807) is 30.3 Å². The van der Waals surface area contributed by atoms with Crippen LogP contribution >= 0.6 is 22.6 Å². The van der Waals surface area contributed by atoms with Crippen LogP contribution in [0.25, 0.3) is 6.08 Å². The van der Waals surface area contributed by atoms with Crippen LogP contribution < -0.4 is 14.8 Å². The van der Waals surface area contributed by atoms with Crippen molar-refractivity contribution in [3.63, 3.8) is 0 Å². The molecule has 0 fully saturated rings. The molecule has 6 heteroatoms. The van der Waals surface area contributed by atoms with Crippen LogP contribution in [0.2, 0.25) is 0 Å².